The number of nitrogens with one attached hydrogen (secondary N) is 1. The average molecular weight is 284 g/mol. The molecule has 1 heterocycles. The number of ether oxygens (including phenoxy) is 1. The van der Waals surface area contributed by atoms with Crippen molar-refractivity contribution in [2.24, 2.45) is 0 Å². The molecule has 0 fully saturated rings. The SMILES string of the molecule is CCOc1ccc(Nc2cc(Cl)nnc2Cl)cc1. The van der Waals surface area contributed by atoms with Gasteiger partial charge < -0.3 is 10.1 Å². The van der Waals surface area contributed by atoms with E-state index in [-0.39, 0.29) is 10.3 Å². The first-order chi connectivity index (χ1) is 8.69. The van der Waals surface area contributed by atoms with Crippen molar-refractivity contribution < 1.29 is 4.74 Å². The molecule has 2 rings (SSSR count). The highest BCUT2D eigenvalue weighted by molar-refractivity contribution is 6.33. The van der Waals surface area contributed by atoms with Gasteiger partial charge in [-0.15, -0.1) is 10.2 Å². The second-order valence-electron chi connectivity index (χ2n) is 3.45. The molecule has 18 heavy (non-hydrogen) atoms. The highest BCUT2D eigenvalue weighted by atomic mass is 35.5. The van der Waals surface area contributed by atoms with E-state index in [1.165, 1.54) is 0 Å². The summed E-state index contributed by atoms with van der Waals surface area (Å²) < 4.78 is 5.36. The number of benzene rings is 1. The largest absolute Gasteiger partial charge is 0.494 e. The van der Waals surface area contributed by atoms with Crippen molar-refractivity contribution in [3.8, 4) is 5.75 Å². The molecule has 0 aliphatic carbocycles. The molecule has 0 amide bonds. The molecule has 1 aromatic heterocycles. The lowest BCUT2D eigenvalue weighted by molar-refractivity contribution is 0.340. The van der Waals surface area contributed by atoms with Gasteiger partial charge in [0, 0.05) is 11.8 Å². The molecule has 2 aromatic rings. The quantitative estimate of drug-likeness (QED) is 0.924. The van der Waals surface area contributed by atoms with Gasteiger partial charge in [-0.25, -0.2) is 0 Å². The van der Waals surface area contributed by atoms with Crippen molar-refractivity contribution in [1.82, 2.24) is 10.2 Å². The monoisotopic (exact) mass is 283 g/mol. The molecular weight excluding hydrogens is 273 g/mol. The van der Waals surface area contributed by atoms with Crippen molar-refractivity contribution in [3.63, 3.8) is 0 Å². The summed E-state index contributed by atoms with van der Waals surface area (Å²) in [5.74, 6) is 0.819. The van der Waals surface area contributed by atoms with Crippen molar-refractivity contribution in [1.29, 1.82) is 0 Å². The predicted molar refractivity (Wildman–Crippen MR) is 72.9 cm³/mol. The minimum Gasteiger partial charge on any atom is -0.494 e. The van der Waals surface area contributed by atoms with Crippen LogP contribution in [0.1, 0.15) is 6.92 Å². The van der Waals surface area contributed by atoms with Crippen LogP contribution in [0.25, 0.3) is 0 Å². The Morgan fingerprint density at radius 2 is 1.89 bits per heavy atom. The minimum atomic E-state index is 0.272. The van der Waals surface area contributed by atoms with Gasteiger partial charge in [0.15, 0.2) is 10.3 Å². The van der Waals surface area contributed by atoms with Gasteiger partial charge in [0.25, 0.3) is 0 Å². The van der Waals surface area contributed by atoms with E-state index < -0.39 is 0 Å². The van der Waals surface area contributed by atoms with Crippen LogP contribution < -0.4 is 10.1 Å². The van der Waals surface area contributed by atoms with Crippen molar-refractivity contribution in [2.75, 3.05) is 11.9 Å². The summed E-state index contributed by atoms with van der Waals surface area (Å²) in [6.45, 7) is 2.58. The molecule has 0 radical (unpaired) electrons. The van der Waals surface area contributed by atoms with E-state index in [1.54, 1.807) is 6.07 Å². The molecule has 0 spiro atoms. The molecule has 4 nitrogen and oxygen atoms in total. The maximum Gasteiger partial charge on any atom is 0.175 e. The molecule has 6 heteroatoms. The van der Waals surface area contributed by atoms with Crippen LogP contribution in [-0.2, 0) is 0 Å². The van der Waals surface area contributed by atoms with Gasteiger partial charge in [0.2, 0.25) is 0 Å². The van der Waals surface area contributed by atoms with Crippen molar-refractivity contribution in [2.45, 2.75) is 6.92 Å². The number of hydrogen-bond donors (Lipinski definition) is 1. The summed E-state index contributed by atoms with van der Waals surface area (Å²) in [5, 5.41) is 11.0. The molecule has 0 aliphatic heterocycles. The van der Waals surface area contributed by atoms with Crippen LogP contribution in [0.2, 0.25) is 10.3 Å². The first-order valence-corrected chi connectivity index (χ1v) is 6.13. The van der Waals surface area contributed by atoms with Gasteiger partial charge in [0.05, 0.1) is 12.3 Å². The summed E-state index contributed by atoms with van der Waals surface area (Å²) in [7, 11) is 0. The van der Waals surface area contributed by atoms with Crippen LogP contribution in [0.3, 0.4) is 0 Å². The third-order valence-corrected chi connectivity index (χ3v) is 2.63. The smallest absolute Gasteiger partial charge is 0.175 e. The third-order valence-electron chi connectivity index (χ3n) is 2.16. The van der Waals surface area contributed by atoms with E-state index in [2.05, 4.69) is 15.5 Å². The van der Waals surface area contributed by atoms with E-state index in [4.69, 9.17) is 27.9 Å². The molecule has 0 aliphatic rings. The van der Waals surface area contributed by atoms with Gasteiger partial charge in [-0.2, -0.15) is 0 Å². The zero-order valence-corrected chi connectivity index (χ0v) is 11.2. The molecule has 94 valence electrons. The normalized spacial score (nSPS) is 10.2. The van der Waals surface area contributed by atoms with Gasteiger partial charge in [-0.05, 0) is 31.2 Å². The molecule has 0 saturated carbocycles. The lowest BCUT2D eigenvalue weighted by Crippen LogP contribution is -1.95. The van der Waals surface area contributed by atoms with Gasteiger partial charge in [-0.1, -0.05) is 23.2 Å². The average Bonchev–Trinajstić information content (AvgIpc) is 2.37. The summed E-state index contributed by atoms with van der Waals surface area (Å²) in [6, 6.07) is 9.13. The molecule has 1 N–H and O–H groups in total. The number of anilines is 2. The first-order valence-electron chi connectivity index (χ1n) is 5.37. The van der Waals surface area contributed by atoms with Crippen LogP contribution >= 0.6 is 23.2 Å². The predicted octanol–water partition coefficient (Wildman–Crippen LogP) is 3.93. The molecule has 0 bridgehead atoms. The highest BCUT2D eigenvalue weighted by Crippen LogP contribution is 2.26. The van der Waals surface area contributed by atoms with E-state index in [1.807, 2.05) is 31.2 Å². The Hall–Kier alpha value is -1.52. The minimum absolute atomic E-state index is 0.272. The number of aromatic nitrogens is 2. The third kappa shape index (κ3) is 3.24. The fourth-order valence-corrected chi connectivity index (χ4v) is 1.68. The first kappa shape index (κ1) is 12.9. The number of nitrogens with zero attached hydrogens (tertiary/aromatic N) is 2. The molecule has 0 saturated heterocycles. The Morgan fingerprint density at radius 3 is 2.56 bits per heavy atom. The summed E-state index contributed by atoms with van der Waals surface area (Å²) in [5.41, 5.74) is 1.48. The van der Waals surface area contributed by atoms with Crippen LogP contribution in [-0.4, -0.2) is 16.8 Å². The summed E-state index contributed by atoms with van der Waals surface area (Å²) in [4.78, 5) is 0. The summed E-state index contributed by atoms with van der Waals surface area (Å²) in [6.07, 6.45) is 0. The number of rotatable bonds is 4. The Bertz CT molecular complexity index is 531. The fourth-order valence-electron chi connectivity index (χ4n) is 1.40. The number of hydrogen-bond acceptors (Lipinski definition) is 4. The lowest BCUT2D eigenvalue weighted by atomic mass is 10.3. The van der Waals surface area contributed by atoms with Crippen LogP contribution in [0, 0.1) is 0 Å². The second kappa shape index (κ2) is 5.89. The van der Waals surface area contributed by atoms with E-state index in [0.717, 1.165) is 11.4 Å². The Balaban J connectivity index is 2.15. The maximum atomic E-state index is 5.91. The highest BCUT2D eigenvalue weighted by Gasteiger charge is 2.04. The number of halogens is 2. The van der Waals surface area contributed by atoms with E-state index in [0.29, 0.717) is 12.3 Å². The van der Waals surface area contributed by atoms with Crippen molar-refractivity contribution >= 4 is 34.6 Å². The zero-order chi connectivity index (χ0) is 13.0. The van der Waals surface area contributed by atoms with E-state index >= 15 is 0 Å². The fraction of sp³-hybridized carbons (Fsp3) is 0.167. The molecule has 0 unspecified atom stereocenters. The van der Waals surface area contributed by atoms with Gasteiger partial charge in [0.1, 0.15) is 5.75 Å². The van der Waals surface area contributed by atoms with Gasteiger partial charge >= 0.3 is 0 Å². The van der Waals surface area contributed by atoms with E-state index in [9.17, 15) is 0 Å². The zero-order valence-electron chi connectivity index (χ0n) is 9.65. The Kier molecular flexibility index (Phi) is 4.23. The molecule has 1 aromatic carbocycles. The molecule has 0 atom stereocenters. The Morgan fingerprint density at radius 1 is 1.17 bits per heavy atom. The Labute approximate surface area is 115 Å². The van der Waals surface area contributed by atoms with Crippen LogP contribution in [0.4, 0.5) is 11.4 Å². The lowest BCUT2D eigenvalue weighted by Gasteiger charge is -2.08. The topological polar surface area (TPSA) is 47.0 Å². The van der Waals surface area contributed by atoms with Crippen LogP contribution in [0.5, 0.6) is 5.75 Å². The summed E-state index contributed by atoms with van der Waals surface area (Å²) >= 11 is 11.7. The van der Waals surface area contributed by atoms with Crippen molar-refractivity contribution in [3.05, 3.63) is 40.6 Å². The maximum absolute atomic E-state index is 5.91. The second-order valence-corrected chi connectivity index (χ2v) is 4.20. The van der Waals surface area contributed by atoms with Crippen LogP contribution in [0.15, 0.2) is 30.3 Å². The molecular formula is C12H11Cl2N3O. The van der Waals surface area contributed by atoms with Gasteiger partial charge in [-0.3, -0.25) is 0 Å². The standard InChI is InChI=1S/C12H11Cl2N3O/c1-2-18-9-5-3-8(4-6-9)15-10-7-11(13)16-17-12(10)14/h3-7H,2H2,1H3,(H,15,16).